The second kappa shape index (κ2) is 19.2. The molecule has 0 aliphatic heterocycles. The first-order valence-corrected chi connectivity index (χ1v) is 14.0. The first kappa shape index (κ1) is 31.0. The Balaban J connectivity index is 2.75. The van der Waals surface area contributed by atoms with Crippen LogP contribution < -0.4 is 14.2 Å². The fourth-order valence-electron chi connectivity index (χ4n) is 3.84. The lowest BCUT2D eigenvalue weighted by molar-refractivity contribution is -0.137. The van der Waals surface area contributed by atoms with Gasteiger partial charge in [-0.1, -0.05) is 98.5 Å². The normalized spacial score (nSPS) is 11.2. The number of benzene rings is 1. The molecule has 0 N–H and O–H groups in total. The van der Waals surface area contributed by atoms with Crippen LogP contribution in [0.5, 0.6) is 17.2 Å². The Morgan fingerprint density at radius 2 is 1.23 bits per heavy atom. The minimum Gasteiger partial charge on any atom is -0.490 e. The van der Waals surface area contributed by atoms with Gasteiger partial charge in [-0.3, -0.25) is 9.59 Å². The number of hydrogen-bond donors (Lipinski definition) is 0. The number of hydrogen-bond acceptors (Lipinski definition) is 5. The second-order valence-electron chi connectivity index (χ2n) is 10.4. The third-order valence-electron chi connectivity index (χ3n) is 5.96. The van der Waals surface area contributed by atoms with Crippen LogP contribution in [0.3, 0.4) is 0 Å². The van der Waals surface area contributed by atoms with Crippen molar-refractivity contribution in [3.63, 3.8) is 0 Å². The molecule has 0 aliphatic carbocycles. The Bertz CT molecular complexity index is 711. The van der Waals surface area contributed by atoms with Gasteiger partial charge in [-0.15, -0.1) is 0 Å². The zero-order valence-corrected chi connectivity index (χ0v) is 23.0. The molecule has 35 heavy (non-hydrogen) atoms. The summed E-state index contributed by atoms with van der Waals surface area (Å²) in [6, 6.07) is 5.22. The molecule has 5 heteroatoms. The van der Waals surface area contributed by atoms with Gasteiger partial charge in [-0.2, -0.15) is 0 Å². The van der Waals surface area contributed by atoms with E-state index in [1.807, 2.05) is 0 Å². The molecule has 0 heterocycles. The van der Waals surface area contributed by atoms with E-state index in [2.05, 4.69) is 34.6 Å². The van der Waals surface area contributed by atoms with Crippen molar-refractivity contribution in [1.29, 1.82) is 0 Å². The summed E-state index contributed by atoms with van der Waals surface area (Å²) >= 11 is 0. The molecular formula is C30H50O5. The van der Waals surface area contributed by atoms with Crippen LogP contribution >= 0.6 is 0 Å². The minimum atomic E-state index is -0.321. The van der Waals surface area contributed by atoms with Crippen LogP contribution in [0, 0.1) is 11.8 Å². The number of carbonyl (C=O) groups excluding carboxylic acids is 2. The summed E-state index contributed by atoms with van der Waals surface area (Å²) in [5, 5.41) is 0. The van der Waals surface area contributed by atoms with Crippen molar-refractivity contribution in [3.05, 3.63) is 18.2 Å². The van der Waals surface area contributed by atoms with Gasteiger partial charge in [0.15, 0.2) is 11.5 Å². The van der Waals surface area contributed by atoms with Crippen molar-refractivity contribution >= 4 is 11.9 Å². The number of rotatable bonds is 20. The molecule has 0 radical (unpaired) electrons. The van der Waals surface area contributed by atoms with Crippen molar-refractivity contribution in [2.75, 3.05) is 6.61 Å². The molecule has 0 bridgehead atoms. The molecular weight excluding hydrogens is 440 g/mol. The first-order valence-electron chi connectivity index (χ1n) is 14.0. The van der Waals surface area contributed by atoms with Crippen LogP contribution in [-0.4, -0.2) is 18.5 Å². The molecule has 0 atom stereocenters. The van der Waals surface area contributed by atoms with Crippen LogP contribution in [0.4, 0.5) is 0 Å². The summed E-state index contributed by atoms with van der Waals surface area (Å²) < 4.78 is 17.3. The highest BCUT2D eigenvalue weighted by atomic mass is 16.6. The molecule has 0 amide bonds. The maximum atomic E-state index is 12.6. The molecule has 0 spiro atoms. The predicted octanol–water partition coefficient (Wildman–Crippen LogP) is 8.67. The molecule has 1 rings (SSSR count). The molecule has 0 fully saturated rings. The lowest BCUT2D eigenvalue weighted by Gasteiger charge is -2.15. The topological polar surface area (TPSA) is 61.8 Å². The van der Waals surface area contributed by atoms with Gasteiger partial charge < -0.3 is 14.2 Å². The van der Waals surface area contributed by atoms with Gasteiger partial charge in [0.25, 0.3) is 0 Å². The van der Waals surface area contributed by atoms with Crippen molar-refractivity contribution < 1.29 is 23.8 Å². The molecule has 0 saturated heterocycles. The van der Waals surface area contributed by atoms with Crippen LogP contribution in [0.15, 0.2) is 18.2 Å². The molecule has 5 nitrogen and oxygen atoms in total. The van der Waals surface area contributed by atoms with E-state index in [9.17, 15) is 9.59 Å². The van der Waals surface area contributed by atoms with Crippen LogP contribution in [0.1, 0.15) is 125 Å². The number of carbonyl (C=O) groups is 2. The highest BCUT2D eigenvalue weighted by molar-refractivity contribution is 5.77. The Morgan fingerprint density at radius 1 is 0.686 bits per heavy atom. The first-order chi connectivity index (χ1) is 16.8. The van der Waals surface area contributed by atoms with Crippen LogP contribution in [0.2, 0.25) is 0 Å². The monoisotopic (exact) mass is 490 g/mol. The van der Waals surface area contributed by atoms with E-state index in [0.29, 0.717) is 37.0 Å². The van der Waals surface area contributed by atoms with Gasteiger partial charge in [0, 0.05) is 12.8 Å². The Labute approximate surface area is 214 Å². The van der Waals surface area contributed by atoms with E-state index < -0.39 is 0 Å². The van der Waals surface area contributed by atoms with E-state index in [1.165, 1.54) is 25.7 Å². The van der Waals surface area contributed by atoms with Gasteiger partial charge in [0.2, 0.25) is 5.75 Å². The Hall–Kier alpha value is -2.04. The molecule has 0 unspecified atom stereocenters. The standard InChI is InChI=1S/C30H50O5/c1-6-7-8-9-10-15-23-33-26-19-16-20-27(34-28(31)21-13-11-17-24(2)3)30(26)35-29(32)22-14-12-18-25(4)5/h16,19-20,24-25H,6-15,17-18,21-23H2,1-5H3. The Morgan fingerprint density at radius 3 is 1.83 bits per heavy atom. The maximum Gasteiger partial charge on any atom is 0.311 e. The van der Waals surface area contributed by atoms with Gasteiger partial charge >= 0.3 is 11.9 Å². The summed E-state index contributed by atoms with van der Waals surface area (Å²) in [7, 11) is 0. The summed E-state index contributed by atoms with van der Waals surface area (Å²) in [4.78, 5) is 25.0. The van der Waals surface area contributed by atoms with E-state index in [0.717, 1.165) is 51.4 Å². The largest absolute Gasteiger partial charge is 0.490 e. The predicted molar refractivity (Wildman–Crippen MR) is 143 cm³/mol. The highest BCUT2D eigenvalue weighted by Crippen LogP contribution is 2.38. The molecule has 0 aliphatic rings. The minimum absolute atomic E-state index is 0.225. The van der Waals surface area contributed by atoms with Crippen molar-refractivity contribution in [2.45, 2.75) is 125 Å². The van der Waals surface area contributed by atoms with Gasteiger partial charge in [0.1, 0.15) is 0 Å². The molecule has 0 aromatic heterocycles. The van der Waals surface area contributed by atoms with Crippen molar-refractivity contribution in [2.24, 2.45) is 11.8 Å². The van der Waals surface area contributed by atoms with Gasteiger partial charge in [-0.05, 0) is 43.2 Å². The highest BCUT2D eigenvalue weighted by Gasteiger charge is 2.19. The SMILES string of the molecule is CCCCCCCCOc1cccc(OC(=O)CCCCC(C)C)c1OC(=O)CCCCC(C)C. The number of esters is 2. The second-order valence-corrected chi connectivity index (χ2v) is 10.4. The van der Waals surface area contributed by atoms with Crippen LogP contribution in [-0.2, 0) is 9.59 Å². The molecule has 0 saturated carbocycles. The maximum absolute atomic E-state index is 12.6. The third kappa shape index (κ3) is 15.5. The summed E-state index contributed by atoms with van der Waals surface area (Å²) in [5.74, 6) is 1.55. The van der Waals surface area contributed by atoms with Crippen molar-refractivity contribution in [3.8, 4) is 17.2 Å². The summed E-state index contributed by atoms with van der Waals surface area (Å²) in [6.45, 7) is 11.5. The zero-order valence-electron chi connectivity index (χ0n) is 23.0. The summed E-state index contributed by atoms with van der Waals surface area (Å²) in [6.07, 6.45) is 13.4. The van der Waals surface area contributed by atoms with E-state index in [1.54, 1.807) is 18.2 Å². The Kier molecular flexibility index (Phi) is 17.0. The van der Waals surface area contributed by atoms with E-state index >= 15 is 0 Å². The number of unbranched alkanes of at least 4 members (excludes halogenated alkanes) is 7. The fraction of sp³-hybridized carbons (Fsp3) is 0.733. The molecule has 1 aromatic carbocycles. The fourth-order valence-corrected chi connectivity index (χ4v) is 3.84. The average molecular weight is 491 g/mol. The summed E-state index contributed by atoms with van der Waals surface area (Å²) in [5.41, 5.74) is 0. The van der Waals surface area contributed by atoms with E-state index in [-0.39, 0.29) is 23.4 Å². The third-order valence-corrected chi connectivity index (χ3v) is 5.96. The number of para-hydroxylation sites is 1. The average Bonchev–Trinajstić information content (AvgIpc) is 2.80. The smallest absolute Gasteiger partial charge is 0.311 e. The van der Waals surface area contributed by atoms with Crippen molar-refractivity contribution in [1.82, 2.24) is 0 Å². The zero-order chi connectivity index (χ0) is 25.9. The van der Waals surface area contributed by atoms with Crippen LogP contribution in [0.25, 0.3) is 0 Å². The lowest BCUT2D eigenvalue weighted by atomic mass is 10.1. The molecule has 200 valence electrons. The van der Waals surface area contributed by atoms with Gasteiger partial charge in [-0.25, -0.2) is 0 Å². The number of ether oxygens (including phenoxy) is 3. The van der Waals surface area contributed by atoms with E-state index in [4.69, 9.17) is 14.2 Å². The lowest BCUT2D eigenvalue weighted by Crippen LogP contribution is -2.13. The molecule has 1 aromatic rings. The quantitative estimate of drug-likeness (QED) is 0.104. The van der Waals surface area contributed by atoms with Gasteiger partial charge in [0.05, 0.1) is 6.61 Å².